The van der Waals surface area contributed by atoms with Gasteiger partial charge in [0.1, 0.15) is 9.88 Å². The van der Waals surface area contributed by atoms with Gasteiger partial charge in [0, 0.05) is 30.7 Å². The fourth-order valence-corrected chi connectivity index (χ4v) is 5.08. The van der Waals surface area contributed by atoms with E-state index in [0.717, 1.165) is 42.7 Å². The number of nitrogens with zero attached hydrogens (tertiary/aromatic N) is 3. The van der Waals surface area contributed by atoms with Gasteiger partial charge in [0.2, 0.25) is 0 Å². The molecule has 0 radical (unpaired) electrons. The van der Waals surface area contributed by atoms with Gasteiger partial charge < -0.3 is 10.1 Å². The molecule has 8 heteroatoms. The van der Waals surface area contributed by atoms with Gasteiger partial charge in [-0.1, -0.05) is 12.1 Å². The zero-order valence-corrected chi connectivity index (χ0v) is 17.3. The quantitative estimate of drug-likeness (QED) is 0.670. The summed E-state index contributed by atoms with van der Waals surface area (Å²) in [6.07, 6.45) is 1.74. The number of thiophene rings is 1. The third kappa shape index (κ3) is 4.30. The van der Waals surface area contributed by atoms with E-state index < -0.39 is 0 Å². The van der Waals surface area contributed by atoms with Crippen molar-refractivity contribution in [1.82, 2.24) is 20.2 Å². The average molecular weight is 415 g/mol. The van der Waals surface area contributed by atoms with E-state index >= 15 is 0 Å². The summed E-state index contributed by atoms with van der Waals surface area (Å²) in [6, 6.07) is 10.1. The molecule has 146 valence electrons. The number of aromatic nitrogens is 2. The van der Waals surface area contributed by atoms with E-state index in [2.05, 4.69) is 37.7 Å². The Morgan fingerprint density at radius 2 is 2.14 bits per heavy atom. The van der Waals surface area contributed by atoms with Crippen LogP contribution in [0.3, 0.4) is 0 Å². The molecule has 3 aromatic heterocycles. The van der Waals surface area contributed by atoms with E-state index in [4.69, 9.17) is 4.74 Å². The predicted octanol–water partition coefficient (Wildman–Crippen LogP) is 3.38. The molecule has 1 fully saturated rings. The number of nitrogens with one attached hydrogen (secondary N) is 1. The molecule has 1 aliphatic rings. The third-order valence-corrected chi connectivity index (χ3v) is 6.85. The molecule has 6 nitrogen and oxygen atoms in total. The van der Waals surface area contributed by atoms with Crippen LogP contribution in [0.5, 0.6) is 0 Å². The lowest BCUT2D eigenvalue weighted by Gasteiger charge is -2.34. The molecule has 4 heterocycles. The van der Waals surface area contributed by atoms with E-state index in [1.54, 1.807) is 17.5 Å². The van der Waals surface area contributed by atoms with Crippen molar-refractivity contribution >= 4 is 28.6 Å². The van der Waals surface area contributed by atoms with Gasteiger partial charge in [0.05, 0.1) is 30.6 Å². The van der Waals surface area contributed by atoms with Crippen molar-refractivity contribution in [2.45, 2.75) is 13.0 Å². The molecular formula is C20H22N4O2S2. The highest BCUT2D eigenvalue weighted by molar-refractivity contribution is 7.17. The number of thiazole rings is 1. The molecule has 3 aromatic rings. The van der Waals surface area contributed by atoms with Crippen LogP contribution in [-0.2, 0) is 4.74 Å². The number of pyridine rings is 1. The first-order valence-corrected chi connectivity index (χ1v) is 10.9. The smallest absolute Gasteiger partial charge is 0.263 e. The molecule has 1 amide bonds. The molecule has 0 aromatic carbocycles. The van der Waals surface area contributed by atoms with E-state index in [-0.39, 0.29) is 11.9 Å². The normalized spacial score (nSPS) is 16.0. The lowest BCUT2D eigenvalue weighted by Crippen LogP contribution is -2.43. The zero-order valence-electron chi connectivity index (χ0n) is 15.6. The first-order valence-electron chi connectivity index (χ1n) is 9.24. The largest absolute Gasteiger partial charge is 0.379 e. The Balaban J connectivity index is 1.47. The maximum Gasteiger partial charge on any atom is 0.263 e. The van der Waals surface area contributed by atoms with Crippen LogP contribution >= 0.6 is 22.7 Å². The molecular weight excluding hydrogens is 392 g/mol. The second kappa shape index (κ2) is 8.91. The number of amides is 1. The Hall–Kier alpha value is -2.13. The average Bonchev–Trinajstić information content (AvgIpc) is 3.40. The van der Waals surface area contributed by atoms with E-state index in [1.807, 2.05) is 25.1 Å². The van der Waals surface area contributed by atoms with Crippen molar-refractivity contribution in [3.8, 4) is 10.7 Å². The summed E-state index contributed by atoms with van der Waals surface area (Å²) in [5.41, 5.74) is 1.53. The number of carbonyl (C=O) groups excluding carboxylic acids is 1. The maximum absolute atomic E-state index is 12.9. The minimum absolute atomic E-state index is 0.0769. The summed E-state index contributed by atoms with van der Waals surface area (Å²) in [5, 5.41) is 5.98. The number of morpholine rings is 1. The number of hydrogen-bond acceptors (Lipinski definition) is 7. The molecule has 4 rings (SSSR count). The van der Waals surface area contributed by atoms with Crippen LogP contribution in [0.15, 0.2) is 41.9 Å². The minimum atomic E-state index is -0.0769. The Morgan fingerprint density at radius 3 is 2.86 bits per heavy atom. The SMILES string of the molecule is Cc1nc(-c2ccccn2)sc1C(=O)NCC(c1cccs1)N1CCOCC1. The van der Waals surface area contributed by atoms with Crippen molar-refractivity contribution in [1.29, 1.82) is 0 Å². The van der Waals surface area contributed by atoms with Crippen LogP contribution in [0.2, 0.25) is 0 Å². The second-order valence-corrected chi connectivity index (χ2v) is 8.52. The highest BCUT2D eigenvalue weighted by Gasteiger charge is 2.25. The molecule has 1 aliphatic heterocycles. The number of aryl methyl sites for hydroxylation is 1. The standard InChI is InChI=1S/C20H22N4O2S2/c1-14-18(28-20(23-14)15-5-2-3-7-21-15)19(25)22-13-16(17-6-4-12-27-17)24-8-10-26-11-9-24/h2-7,12,16H,8-11,13H2,1H3,(H,22,25). The minimum Gasteiger partial charge on any atom is -0.379 e. The van der Waals surface area contributed by atoms with E-state index in [9.17, 15) is 4.79 Å². The van der Waals surface area contributed by atoms with Gasteiger partial charge in [-0.3, -0.25) is 14.7 Å². The van der Waals surface area contributed by atoms with Crippen LogP contribution in [0.4, 0.5) is 0 Å². The lowest BCUT2D eigenvalue weighted by atomic mass is 10.2. The maximum atomic E-state index is 12.9. The van der Waals surface area contributed by atoms with Crippen LogP contribution in [0.1, 0.15) is 26.3 Å². The zero-order chi connectivity index (χ0) is 19.3. The van der Waals surface area contributed by atoms with Crippen LogP contribution in [0, 0.1) is 6.92 Å². The Labute approximate surface area is 172 Å². The molecule has 28 heavy (non-hydrogen) atoms. The molecule has 1 saturated heterocycles. The first kappa shape index (κ1) is 19.2. The van der Waals surface area contributed by atoms with Crippen molar-refractivity contribution in [3.05, 3.63) is 57.4 Å². The van der Waals surface area contributed by atoms with Gasteiger partial charge in [-0.05, 0) is 30.5 Å². The van der Waals surface area contributed by atoms with Crippen LogP contribution < -0.4 is 5.32 Å². The highest BCUT2D eigenvalue weighted by Crippen LogP contribution is 2.28. The van der Waals surface area contributed by atoms with Crippen molar-refractivity contribution < 1.29 is 9.53 Å². The number of ether oxygens (including phenoxy) is 1. The van der Waals surface area contributed by atoms with Crippen molar-refractivity contribution in [2.24, 2.45) is 0 Å². The van der Waals surface area contributed by atoms with Gasteiger partial charge in [-0.15, -0.1) is 22.7 Å². The highest BCUT2D eigenvalue weighted by atomic mass is 32.1. The van der Waals surface area contributed by atoms with E-state index in [0.29, 0.717) is 11.4 Å². The molecule has 0 saturated carbocycles. The third-order valence-electron chi connectivity index (χ3n) is 4.70. The Kier molecular flexibility index (Phi) is 6.11. The van der Waals surface area contributed by atoms with Crippen LogP contribution in [-0.4, -0.2) is 53.6 Å². The molecule has 0 bridgehead atoms. The number of rotatable bonds is 6. The first-order chi connectivity index (χ1) is 13.7. The number of hydrogen-bond donors (Lipinski definition) is 1. The summed E-state index contributed by atoms with van der Waals surface area (Å²) in [7, 11) is 0. The Morgan fingerprint density at radius 1 is 1.29 bits per heavy atom. The van der Waals surface area contributed by atoms with E-state index in [1.165, 1.54) is 16.2 Å². The summed E-state index contributed by atoms with van der Waals surface area (Å²) in [5.74, 6) is -0.0769. The molecule has 1 N–H and O–H groups in total. The summed E-state index contributed by atoms with van der Waals surface area (Å²) >= 11 is 3.11. The number of carbonyl (C=O) groups is 1. The fourth-order valence-electron chi connectivity index (χ4n) is 3.26. The molecule has 1 atom stereocenters. The van der Waals surface area contributed by atoms with Gasteiger partial charge in [0.25, 0.3) is 5.91 Å². The van der Waals surface area contributed by atoms with Crippen molar-refractivity contribution in [3.63, 3.8) is 0 Å². The second-order valence-electron chi connectivity index (χ2n) is 6.54. The summed E-state index contributed by atoms with van der Waals surface area (Å²) < 4.78 is 5.48. The molecule has 0 aliphatic carbocycles. The van der Waals surface area contributed by atoms with Gasteiger partial charge in [-0.2, -0.15) is 0 Å². The van der Waals surface area contributed by atoms with Gasteiger partial charge in [0.15, 0.2) is 0 Å². The molecule has 1 unspecified atom stereocenters. The fraction of sp³-hybridized carbons (Fsp3) is 0.350. The summed E-state index contributed by atoms with van der Waals surface area (Å²) in [4.78, 5) is 26.0. The van der Waals surface area contributed by atoms with Gasteiger partial charge in [-0.25, -0.2) is 4.98 Å². The Bertz CT molecular complexity index is 906. The van der Waals surface area contributed by atoms with Crippen LogP contribution in [0.25, 0.3) is 10.7 Å². The molecule has 0 spiro atoms. The summed E-state index contributed by atoms with van der Waals surface area (Å²) in [6.45, 7) is 5.66. The topological polar surface area (TPSA) is 67.4 Å². The monoisotopic (exact) mass is 414 g/mol. The lowest BCUT2D eigenvalue weighted by molar-refractivity contribution is 0.0169. The van der Waals surface area contributed by atoms with Crippen molar-refractivity contribution in [2.75, 3.05) is 32.8 Å². The van der Waals surface area contributed by atoms with Gasteiger partial charge >= 0.3 is 0 Å². The predicted molar refractivity (Wildman–Crippen MR) is 112 cm³/mol.